The Kier molecular flexibility index (Phi) is 3.19. The van der Waals surface area contributed by atoms with E-state index in [0.29, 0.717) is 0 Å². The second-order valence-electron chi connectivity index (χ2n) is 5.11. The zero-order valence-electron chi connectivity index (χ0n) is 10.8. The molecule has 0 bridgehead atoms. The van der Waals surface area contributed by atoms with Gasteiger partial charge < -0.3 is 10.2 Å². The fraction of sp³-hybridized carbons (Fsp3) is 0.500. The highest BCUT2D eigenvalue weighted by molar-refractivity contribution is 5.51. The lowest BCUT2D eigenvalue weighted by molar-refractivity contribution is 0.377. The number of imidazole rings is 1. The lowest BCUT2D eigenvalue weighted by atomic mass is 9.98. The molecule has 1 saturated heterocycles. The minimum atomic E-state index is 0.801. The minimum Gasteiger partial charge on any atom is -0.360 e. The van der Waals surface area contributed by atoms with Gasteiger partial charge in [0.25, 0.3) is 0 Å². The molecule has 0 aliphatic carbocycles. The van der Waals surface area contributed by atoms with Gasteiger partial charge in [-0.2, -0.15) is 0 Å². The highest BCUT2D eigenvalue weighted by Crippen LogP contribution is 2.19. The second-order valence-corrected chi connectivity index (χ2v) is 5.11. The molecule has 0 amide bonds. The predicted octanol–water partition coefficient (Wildman–Crippen LogP) is 1.77. The maximum atomic E-state index is 4.33. The van der Waals surface area contributed by atoms with Gasteiger partial charge in [-0.1, -0.05) is 6.07 Å². The van der Waals surface area contributed by atoms with Crippen LogP contribution < -0.4 is 10.2 Å². The summed E-state index contributed by atoms with van der Waals surface area (Å²) < 4.78 is 2.15. The number of rotatable bonds is 3. The van der Waals surface area contributed by atoms with Crippen LogP contribution in [0.15, 0.2) is 30.6 Å². The van der Waals surface area contributed by atoms with Gasteiger partial charge in [0.2, 0.25) is 0 Å². The number of nitrogens with zero attached hydrogens (tertiary/aromatic N) is 3. The van der Waals surface area contributed by atoms with Gasteiger partial charge in [-0.05, 0) is 44.0 Å². The lowest BCUT2D eigenvalue weighted by Gasteiger charge is -2.29. The maximum Gasteiger partial charge on any atom is 0.138 e. The smallest absolute Gasteiger partial charge is 0.138 e. The third kappa shape index (κ3) is 2.20. The standard InChI is InChI=1S/C14H20N4/c1-17(11-12-5-7-15-8-6-12)14-4-2-3-13-16-9-10-18(13)14/h2-4,9-10,12,15H,5-8,11H2,1H3. The Bertz CT molecular complexity index is 513. The summed E-state index contributed by atoms with van der Waals surface area (Å²) in [5.74, 6) is 2.03. The largest absolute Gasteiger partial charge is 0.360 e. The van der Waals surface area contributed by atoms with E-state index in [-0.39, 0.29) is 0 Å². The van der Waals surface area contributed by atoms with Gasteiger partial charge in [0.1, 0.15) is 11.5 Å². The van der Waals surface area contributed by atoms with Crippen LogP contribution in [-0.4, -0.2) is 36.1 Å². The molecule has 0 aromatic carbocycles. The molecule has 4 nitrogen and oxygen atoms in total. The Labute approximate surface area is 108 Å². The molecule has 1 N–H and O–H groups in total. The zero-order chi connectivity index (χ0) is 12.4. The number of hydrogen-bond acceptors (Lipinski definition) is 3. The fourth-order valence-electron chi connectivity index (χ4n) is 2.79. The molecule has 18 heavy (non-hydrogen) atoms. The van der Waals surface area contributed by atoms with E-state index in [4.69, 9.17) is 0 Å². The summed E-state index contributed by atoms with van der Waals surface area (Å²) in [5, 5.41) is 3.42. The maximum absolute atomic E-state index is 4.33. The Morgan fingerprint density at radius 1 is 1.39 bits per heavy atom. The third-order valence-electron chi connectivity index (χ3n) is 3.79. The van der Waals surface area contributed by atoms with Gasteiger partial charge in [-0.15, -0.1) is 0 Å². The van der Waals surface area contributed by atoms with Gasteiger partial charge >= 0.3 is 0 Å². The molecule has 0 atom stereocenters. The van der Waals surface area contributed by atoms with E-state index in [9.17, 15) is 0 Å². The molecule has 1 aliphatic heterocycles. The third-order valence-corrected chi connectivity index (χ3v) is 3.79. The lowest BCUT2D eigenvalue weighted by Crippen LogP contribution is -2.35. The average molecular weight is 244 g/mol. The summed E-state index contributed by atoms with van der Waals surface area (Å²) in [5.41, 5.74) is 1.02. The van der Waals surface area contributed by atoms with Crippen LogP contribution >= 0.6 is 0 Å². The molecule has 1 aliphatic rings. The molecule has 0 unspecified atom stereocenters. The van der Waals surface area contributed by atoms with Crippen LogP contribution in [0.2, 0.25) is 0 Å². The SMILES string of the molecule is CN(CC1CCNCC1)c1cccc2nccn12. The first kappa shape index (κ1) is 11.5. The van der Waals surface area contributed by atoms with E-state index in [0.717, 1.165) is 31.2 Å². The normalized spacial score (nSPS) is 17.2. The summed E-state index contributed by atoms with van der Waals surface area (Å²) in [6.45, 7) is 3.44. The van der Waals surface area contributed by atoms with E-state index in [1.54, 1.807) is 0 Å². The van der Waals surface area contributed by atoms with Crippen LogP contribution in [0.3, 0.4) is 0 Å². The van der Waals surface area contributed by atoms with Crippen LogP contribution in [0, 0.1) is 5.92 Å². The first-order valence-electron chi connectivity index (χ1n) is 6.68. The fourth-order valence-corrected chi connectivity index (χ4v) is 2.79. The summed E-state index contributed by atoms with van der Waals surface area (Å²) in [4.78, 5) is 6.69. The number of anilines is 1. The topological polar surface area (TPSA) is 32.6 Å². The number of fused-ring (bicyclic) bond motifs is 1. The van der Waals surface area contributed by atoms with Crippen molar-refractivity contribution >= 4 is 11.5 Å². The van der Waals surface area contributed by atoms with Gasteiger partial charge in [-0.3, -0.25) is 4.40 Å². The number of piperidine rings is 1. The van der Waals surface area contributed by atoms with E-state index in [1.807, 2.05) is 18.5 Å². The summed E-state index contributed by atoms with van der Waals surface area (Å²) in [7, 11) is 2.18. The van der Waals surface area contributed by atoms with Gasteiger partial charge in [0.15, 0.2) is 0 Å². The van der Waals surface area contributed by atoms with Crippen LogP contribution in [0.5, 0.6) is 0 Å². The van der Waals surface area contributed by atoms with Crippen LogP contribution in [0.25, 0.3) is 5.65 Å². The number of aromatic nitrogens is 2. The van der Waals surface area contributed by atoms with Gasteiger partial charge in [-0.25, -0.2) is 4.98 Å². The van der Waals surface area contributed by atoms with E-state index in [1.165, 1.54) is 18.7 Å². The summed E-state index contributed by atoms with van der Waals surface area (Å²) in [6.07, 6.45) is 6.45. The molecule has 0 spiro atoms. The molecule has 3 heterocycles. The van der Waals surface area contributed by atoms with Crippen LogP contribution in [-0.2, 0) is 0 Å². The van der Waals surface area contributed by atoms with Crippen molar-refractivity contribution in [3.8, 4) is 0 Å². The van der Waals surface area contributed by atoms with Crippen molar-refractivity contribution in [2.45, 2.75) is 12.8 Å². The number of pyridine rings is 1. The van der Waals surface area contributed by atoms with Crippen molar-refractivity contribution in [1.82, 2.24) is 14.7 Å². The van der Waals surface area contributed by atoms with Crippen molar-refractivity contribution in [2.75, 3.05) is 31.6 Å². The van der Waals surface area contributed by atoms with E-state index in [2.05, 4.69) is 38.8 Å². The zero-order valence-corrected chi connectivity index (χ0v) is 10.8. The summed E-state index contributed by atoms with van der Waals surface area (Å²) in [6, 6.07) is 6.29. The Balaban J connectivity index is 1.78. The van der Waals surface area contributed by atoms with Crippen molar-refractivity contribution in [3.05, 3.63) is 30.6 Å². The predicted molar refractivity (Wildman–Crippen MR) is 74.1 cm³/mol. The molecule has 2 aromatic heterocycles. The first-order chi connectivity index (χ1) is 8.84. The molecular weight excluding hydrogens is 224 g/mol. The summed E-state index contributed by atoms with van der Waals surface area (Å²) >= 11 is 0. The van der Waals surface area contributed by atoms with E-state index >= 15 is 0 Å². The monoisotopic (exact) mass is 244 g/mol. The number of hydrogen-bond donors (Lipinski definition) is 1. The van der Waals surface area contributed by atoms with Crippen LogP contribution in [0.4, 0.5) is 5.82 Å². The molecular formula is C14H20N4. The second kappa shape index (κ2) is 4.98. The molecule has 1 fully saturated rings. The van der Waals surface area contributed by atoms with Crippen LogP contribution in [0.1, 0.15) is 12.8 Å². The van der Waals surface area contributed by atoms with Crippen molar-refractivity contribution in [1.29, 1.82) is 0 Å². The van der Waals surface area contributed by atoms with Crippen molar-refractivity contribution in [3.63, 3.8) is 0 Å². The average Bonchev–Trinajstić information content (AvgIpc) is 2.87. The first-order valence-corrected chi connectivity index (χ1v) is 6.68. The highest BCUT2D eigenvalue weighted by Gasteiger charge is 2.16. The quantitative estimate of drug-likeness (QED) is 0.893. The Hall–Kier alpha value is -1.55. The molecule has 0 saturated carbocycles. The molecule has 96 valence electrons. The van der Waals surface area contributed by atoms with Crippen molar-refractivity contribution in [2.24, 2.45) is 5.92 Å². The molecule has 2 aromatic rings. The Morgan fingerprint density at radius 3 is 3.06 bits per heavy atom. The van der Waals surface area contributed by atoms with Gasteiger partial charge in [0.05, 0.1) is 0 Å². The van der Waals surface area contributed by atoms with Crippen molar-refractivity contribution < 1.29 is 0 Å². The molecule has 4 heteroatoms. The molecule has 3 rings (SSSR count). The highest BCUT2D eigenvalue weighted by atomic mass is 15.2. The molecule has 0 radical (unpaired) electrons. The van der Waals surface area contributed by atoms with Gasteiger partial charge in [0, 0.05) is 26.0 Å². The van der Waals surface area contributed by atoms with E-state index < -0.39 is 0 Å². The Morgan fingerprint density at radius 2 is 2.22 bits per heavy atom. The number of nitrogens with one attached hydrogen (secondary N) is 1. The minimum absolute atomic E-state index is 0.801.